The number of ether oxygens (including phenoxy) is 2. The Labute approximate surface area is 124 Å². The van der Waals surface area contributed by atoms with Crippen LogP contribution in [0.4, 0.5) is 4.79 Å². The lowest BCUT2D eigenvalue weighted by Gasteiger charge is -2.24. The summed E-state index contributed by atoms with van der Waals surface area (Å²) < 4.78 is 9.61. The number of esters is 1. The average molecular weight is 303 g/mol. The molecule has 0 spiro atoms. The number of hydrogen-bond acceptors (Lipinski definition) is 6. The van der Waals surface area contributed by atoms with Crippen molar-refractivity contribution in [2.45, 2.75) is 51.8 Å². The molecule has 0 aromatic carbocycles. The van der Waals surface area contributed by atoms with E-state index in [4.69, 9.17) is 10.5 Å². The van der Waals surface area contributed by atoms with E-state index >= 15 is 0 Å². The van der Waals surface area contributed by atoms with E-state index in [9.17, 15) is 14.4 Å². The van der Waals surface area contributed by atoms with Crippen LogP contribution >= 0.6 is 0 Å². The lowest BCUT2D eigenvalue weighted by Crippen LogP contribution is -2.57. The number of rotatable bonds is 5. The van der Waals surface area contributed by atoms with Gasteiger partial charge in [0.1, 0.15) is 11.6 Å². The molecule has 1 unspecified atom stereocenters. The number of alkyl carbamates (subject to hydrolysis) is 1. The minimum Gasteiger partial charge on any atom is -0.467 e. The molecule has 0 aromatic heterocycles. The molecular formula is C13H25N3O5. The molecule has 0 heterocycles. The normalized spacial score (nSPS) is 13.1. The van der Waals surface area contributed by atoms with Crippen LogP contribution in [-0.4, -0.2) is 48.8 Å². The van der Waals surface area contributed by atoms with E-state index in [0.29, 0.717) is 0 Å². The van der Waals surface area contributed by atoms with Gasteiger partial charge in [-0.3, -0.25) is 4.79 Å². The summed E-state index contributed by atoms with van der Waals surface area (Å²) in [5, 5.41) is 4.81. The molecule has 4 N–H and O–H groups in total. The summed E-state index contributed by atoms with van der Waals surface area (Å²) >= 11 is 0. The molecule has 8 heteroatoms. The molecule has 0 aliphatic heterocycles. The number of nitrogens with one attached hydrogen (secondary N) is 2. The molecular weight excluding hydrogens is 278 g/mol. The van der Waals surface area contributed by atoms with Crippen LogP contribution in [0.15, 0.2) is 0 Å². The first-order chi connectivity index (χ1) is 9.36. The first kappa shape index (κ1) is 19.2. The molecule has 8 nitrogen and oxygen atoms in total. The number of carbonyl (C=O) groups is 3. The minimum atomic E-state index is -1.15. The summed E-state index contributed by atoms with van der Waals surface area (Å²) in [5.41, 5.74) is 3.82. The molecule has 1 atom stereocenters. The van der Waals surface area contributed by atoms with Crippen LogP contribution < -0.4 is 16.4 Å². The van der Waals surface area contributed by atoms with Crippen molar-refractivity contribution >= 4 is 18.0 Å². The molecule has 0 saturated carbocycles. The Hall–Kier alpha value is -1.83. The van der Waals surface area contributed by atoms with Crippen LogP contribution in [0, 0.1) is 0 Å². The standard InChI is InChI=1S/C13H25N3O5/c1-12(2,3)21-11(19)15-7-8(9(17)20-6)16-10(18)13(4,5)14/h8H,7,14H2,1-6H3,(H,15,19)(H,16,18). The van der Waals surface area contributed by atoms with E-state index in [2.05, 4.69) is 15.4 Å². The lowest BCUT2D eigenvalue weighted by atomic mass is 10.1. The highest BCUT2D eigenvalue weighted by molar-refractivity contribution is 5.90. The predicted octanol–water partition coefficient (Wildman–Crippen LogP) is -0.0938. The molecule has 0 aromatic rings. The third-order valence-corrected chi connectivity index (χ3v) is 2.23. The van der Waals surface area contributed by atoms with Crippen LogP contribution in [0.2, 0.25) is 0 Å². The molecule has 21 heavy (non-hydrogen) atoms. The zero-order valence-corrected chi connectivity index (χ0v) is 13.4. The second-order valence-corrected chi connectivity index (χ2v) is 6.15. The SMILES string of the molecule is COC(=O)C(CNC(=O)OC(C)(C)C)NC(=O)C(C)(C)N. The highest BCUT2D eigenvalue weighted by atomic mass is 16.6. The van der Waals surface area contributed by atoms with Gasteiger partial charge in [-0.15, -0.1) is 0 Å². The van der Waals surface area contributed by atoms with Crippen LogP contribution in [0.3, 0.4) is 0 Å². The van der Waals surface area contributed by atoms with Crippen molar-refractivity contribution in [3.05, 3.63) is 0 Å². The smallest absolute Gasteiger partial charge is 0.407 e. The summed E-state index contributed by atoms with van der Waals surface area (Å²) in [4.78, 5) is 34.9. The fourth-order valence-corrected chi connectivity index (χ4v) is 1.18. The van der Waals surface area contributed by atoms with Crippen molar-refractivity contribution in [3.63, 3.8) is 0 Å². The second kappa shape index (κ2) is 7.26. The number of hydrogen-bond donors (Lipinski definition) is 3. The molecule has 0 bridgehead atoms. The Morgan fingerprint density at radius 3 is 2.05 bits per heavy atom. The van der Waals surface area contributed by atoms with Crippen molar-refractivity contribution in [1.29, 1.82) is 0 Å². The van der Waals surface area contributed by atoms with Crippen molar-refractivity contribution in [2.24, 2.45) is 5.73 Å². The van der Waals surface area contributed by atoms with Gasteiger partial charge in [0.05, 0.1) is 19.2 Å². The second-order valence-electron chi connectivity index (χ2n) is 6.15. The number of amides is 2. The largest absolute Gasteiger partial charge is 0.467 e. The Morgan fingerprint density at radius 2 is 1.67 bits per heavy atom. The zero-order chi connectivity index (χ0) is 16.8. The molecule has 0 aliphatic carbocycles. The van der Waals surface area contributed by atoms with Gasteiger partial charge in [-0.2, -0.15) is 0 Å². The van der Waals surface area contributed by atoms with Gasteiger partial charge in [-0.1, -0.05) is 0 Å². The van der Waals surface area contributed by atoms with Gasteiger partial charge in [-0.05, 0) is 34.6 Å². The van der Waals surface area contributed by atoms with E-state index in [1.807, 2.05) is 0 Å². The van der Waals surface area contributed by atoms with Crippen molar-refractivity contribution in [3.8, 4) is 0 Å². The van der Waals surface area contributed by atoms with Gasteiger partial charge in [-0.25, -0.2) is 9.59 Å². The first-order valence-electron chi connectivity index (χ1n) is 6.51. The topological polar surface area (TPSA) is 120 Å². The van der Waals surface area contributed by atoms with Gasteiger partial charge in [0.25, 0.3) is 0 Å². The Morgan fingerprint density at radius 1 is 1.14 bits per heavy atom. The van der Waals surface area contributed by atoms with Gasteiger partial charge in [0, 0.05) is 0 Å². The maximum atomic E-state index is 11.8. The van der Waals surface area contributed by atoms with Gasteiger partial charge < -0.3 is 25.8 Å². The number of nitrogens with two attached hydrogens (primary N) is 1. The maximum Gasteiger partial charge on any atom is 0.407 e. The van der Waals surface area contributed by atoms with E-state index in [0.717, 1.165) is 0 Å². The quantitative estimate of drug-likeness (QED) is 0.610. The monoisotopic (exact) mass is 303 g/mol. The third-order valence-electron chi connectivity index (χ3n) is 2.23. The lowest BCUT2D eigenvalue weighted by molar-refractivity contribution is -0.145. The van der Waals surface area contributed by atoms with Crippen LogP contribution in [-0.2, 0) is 19.1 Å². The fraction of sp³-hybridized carbons (Fsp3) is 0.769. The molecule has 0 aliphatic rings. The van der Waals surface area contributed by atoms with E-state index in [1.165, 1.54) is 21.0 Å². The summed E-state index contributed by atoms with van der Waals surface area (Å²) in [6.45, 7) is 7.97. The molecule has 122 valence electrons. The van der Waals surface area contributed by atoms with Crippen molar-refractivity contribution in [2.75, 3.05) is 13.7 Å². The Balaban J connectivity index is 4.63. The van der Waals surface area contributed by atoms with Gasteiger partial charge in [0.15, 0.2) is 0 Å². The van der Waals surface area contributed by atoms with Crippen molar-refractivity contribution < 1.29 is 23.9 Å². The van der Waals surface area contributed by atoms with E-state index < -0.39 is 35.2 Å². The minimum absolute atomic E-state index is 0.163. The van der Waals surface area contributed by atoms with Crippen molar-refractivity contribution in [1.82, 2.24) is 10.6 Å². The fourth-order valence-electron chi connectivity index (χ4n) is 1.18. The molecule has 0 saturated heterocycles. The highest BCUT2D eigenvalue weighted by Crippen LogP contribution is 2.06. The number of methoxy groups -OCH3 is 1. The summed E-state index contributed by atoms with van der Waals surface area (Å²) in [7, 11) is 1.18. The zero-order valence-electron chi connectivity index (χ0n) is 13.4. The molecule has 0 rings (SSSR count). The van der Waals surface area contributed by atoms with Gasteiger partial charge in [0.2, 0.25) is 5.91 Å². The maximum absolute atomic E-state index is 11.8. The summed E-state index contributed by atoms with van der Waals surface area (Å²) in [6.07, 6.45) is -0.697. The highest BCUT2D eigenvalue weighted by Gasteiger charge is 2.29. The third kappa shape index (κ3) is 8.13. The number of carbonyl (C=O) groups excluding carboxylic acids is 3. The van der Waals surface area contributed by atoms with Crippen LogP contribution in [0.1, 0.15) is 34.6 Å². The van der Waals surface area contributed by atoms with Crippen LogP contribution in [0.5, 0.6) is 0 Å². The summed E-state index contributed by atoms with van der Waals surface area (Å²) in [6, 6.07) is -1.04. The average Bonchev–Trinajstić information content (AvgIpc) is 2.29. The molecule has 2 amide bonds. The molecule has 0 fully saturated rings. The Kier molecular flexibility index (Phi) is 6.62. The van der Waals surface area contributed by atoms with E-state index in [1.54, 1.807) is 20.8 Å². The van der Waals surface area contributed by atoms with Crippen LogP contribution in [0.25, 0.3) is 0 Å². The predicted molar refractivity (Wildman–Crippen MR) is 76.4 cm³/mol. The van der Waals surface area contributed by atoms with Gasteiger partial charge >= 0.3 is 12.1 Å². The van der Waals surface area contributed by atoms with E-state index in [-0.39, 0.29) is 6.54 Å². The first-order valence-corrected chi connectivity index (χ1v) is 6.51. The molecule has 0 radical (unpaired) electrons. The Bertz CT molecular complexity index is 396. The summed E-state index contributed by atoms with van der Waals surface area (Å²) in [5.74, 6) is -1.23.